The Balaban J connectivity index is 1.82. The van der Waals surface area contributed by atoms with Gasteiger partial charge in [0.05, 0.1) is 4.90 Å². The van der Waals surface area contributed by atoms with E-state index in [0.717, 1.165) is 44.6 Å². The molecule has 6 nitrogen and oxygen atoms in total. The van der Waals surface area contributed by atoms with Gasteiger partial charge in [-0.2, -0.15) is 0 Å². The number of rotatable bonds is 3. The van der Waals surface area contributed by atoms with Crippen LogP contribution in [0.5, 0.6) is 0 Å². The maximum atomic E-state index is 13.2. The van der Waals surface area contributed by atoms with E-state index < -0.39 is 15.6 Å². The predicted molar refractivity (Wildman–Crippen MR) is 106 cm³/mol. The number of hydrogen-bond acceptors (Lipinski definition) is 4. The van der Waals surface area contributed by atoms with E-state index in [2.05, 4.69) is 10.0 Å². The monoisotopic (exact) mass is 393 g/mol. The molecular formula is C20H31N3O3S. The van der Waals surface area contributed by atoms with E-state index in [-0.39, 0.29) is 10.8 Å². The molecule has 150 valence electrons. The number of carbonyl (C=O) groups excluding carboxylic acids is 1. The van der Waals surface area contributed by atoms with Gasteiger partial charge in [0.2, 0.25) is 10.0 Å². The molecule has 0 bridgehead atoms. The summed E-state index contributed by atoms with van der Waals surface area (Å²) in [5.41, 5.74) is 0.711. The first-order valence-corrected chi connectivity index (χ1v) is 11.2. The summed E-state index contributed by atoms with van der Waals surface area (Å²) < 4.78 is 28.0. The van der Waals surface area contributed by atoms with E-state index in [1.807, 2.05) is 11.8 Å². The van der Waals surface area contributed by atoms with Gasteiger partial charge in [-0.15, -0.1) is 0 Å². The van der Waals surface area contributed by atoms with Gasteiger partial charge in [-0.3, -0.25) is 4.79 Å². The highest BCUT2D eigenvalue weighted by molar-refractivity contribution is 7.89. The summed E-state index contributed by atoms with van der Waals surface area (Å²) >= 11 is 0. The van der Waals surface area contributed by atoms with E-state index in [4.69, 9.17) is 0 Å². The van der Waals surface area contributed by atoms with Crippen LogP contribution in [0.1, 0.15) is 49.5 Å². The Hall–Kier alpha value is -1.44. The Labute approximate surface area is 162 Å². The molecule has 0 aliphatic carbocycles. The second kappa shape index (κ2) is 7.53. The Bertz CT molecular complexity index is 800. The van der Waals surface area contributed by atoms with Crippen LogP contribution >= 0.6 is 0 Å². The molecule has 2 saturated heterocycles. The SMILES string of the molecule is Cc1ccc(S(=O)(=O)NC(C)(C)C)cc1C(=O)N1CC[C@@H]2CNC[C@@H]2CC1. The lowest BCUT2D eigenvalue weighted by atomic mass is 9.92. The van der Waals surface area contributed by atoms with Gasteiger partial charge >= 0.3 is 0 Å². The minimum absolute atomic E-state index is 0.0618. The number of hydrogen-bond donors (Lipinski definition) is 2. The smallest absolute Gasteiger partial charge is 0.254 e. The molecule has 2 aliphatic rings. The Morgan fingerprint density at radius 3 is 2.30 bits per heavy atom. The van der Waals surface area contributed by atoms with Crippen molar-refractivity contribution in [1.82, 2.24) is 14.9 Å². The third kappa shape index (κ3) is 4.70. The van der Waals surface area contributed by atoms with Crippen molar-refractivity contribution in [2.75, 3.05) is 26.2 Å². The minimum Gasteiger partial charge on any atom is -0.339 e. The molecule has 2 fully saturated rings. The number of amides is 1. The summed E-state index contributed by atoms with van der Waals surface area (Å²) in [4.78, 5) is 15.2. The van der Waals surface area contributed by atoms with Crippen molar-refractivity contribution in [2.24, 2.45) is 11.8 Å². The Kier molecular flexibility index (Phi) is 5.66. The molecular weight excluding hydrogens is 362 g/mol. The van der Waals surface area contributed by atoms with Crippen molar-refractivity contribution < 1.29 is 13.2 Å². The number of aryl methyl sites for hydroxylation is 1. The first-order valence-electron chi connectivity index (χ1n) is 9.71. The second-order valence-corrected chi connectivity index (χ2v) is 10.6. The molecule has 27 heavy (non-hydrogen) atoms. The second-order valence-electron chi connectivity index (χ2n) is 8.88. The van der Waals surface area contributed by atoms with E-state index in [0.29, 0.717) is 17.4 Å². The van der Waals surface area contributed by atoms with E-state index in [1.165, 1.54) is 6.07 Å². The first-order chi connectivity index (χ1) is 12.6. The number of carbonyl (C=O) groups is 1. The number of nitrogens with zero attached hydrogens (tertiary/aromatic N) is 1. The summed E-state index contributed by atoms with van der Waals surface area (Å²) in [5.74, 6) is 1.23. The zero-order valence-corrected chi connectivity index (χ0v) is 17.5. The molecule has 0 radical (unpaired) electrons. The number of nitrogens with one attached hydrogen (secondary N) is 2. The third-order valence-electron chi connectivity index (χ3n) is 5.50. The van der Waals surface area contributed by atoms with Crippen LogP contribution in [0.2, 0.25) is 0 Å². The van der Waals surface area contributed by atoms with Gasteiger partial charge in [-0.25, -0.2) is 13.1 Å². The van der Waals surface area contributed by atoms with E-state index >= 15 is 0 Å². The van der Waals surface area contributed by atoms with Crippen LogP contribution in [-0.4, -0.2) is 50.9 Å². The van der Waals surface area contributed by atoms with E-state index in [1.54, 1.807) is 32.9 Å². The van der Waals surface area contributed by atoms with E-state index in [9.17, 15) is 13.2 Å². The predicted octanol–water partition coefficient (Wildman–Crippen LogP) is 2.14. The summed E-state index contributed by atoms with van der Waals surface area (Å²) in [5, 5.41) is 3.44. The molecule has 0 spiro atoms. The number of fused-ring (bicyclic) bond motifs is 1. The molecule has 2 heterocycles. The van der Waals surface area contributed by atoms with Gasteiger partial charge in [-0.1, -0.05) is 6.07 Å². The van der Waals surface area contributed by atoms with Crippen LogP contribution < -0.4 is 10.0 Å². The number of likely N-dealkylation sites (tertiary alicyclic amines) is 1. The van der Waals surface area contributed by atoms with Crippen LogP contribution in [0.4, 0.5) is 0 Å². The maximum absolute atomic E-state index is 13.2. The van der Waals surface area contributed by atoms with Crippen LogP contribution in [0.15, 0.2) is 23.1 Å². The van der Waals surface area contributed by atoms with Gasteiger partial charge in [0, 0.05) is 24.2 Å². The number of benzene rings is 1. The molecule has 2 aliphatic heterocycles. The lowest BCUT2D eigenvalue weighted by molar-refractivity contribution is 0.0757. The van der Waals surface area contributed by atoms with Gasteiger partial charge in [-0.05, 0) is 83.2 Å². The van der Waals surface area contributed by atoms with Gasteiger partial charge < -0.3 is 10.2 Å². The molecule has 7 heteroatoms. The Morgan fingerprint density at radius 2 is 1.74 bits per heavy atom. The van der Waals surface area contributed by atoms with Crippen LogP contribution in [0, 0.1) is 18.8 Å². The van der Waals surface area contributed by atoms with Crippen LogP contribution in [0.25, 0.3) is 0 Å². The summed E-state index contributed by atoms with van der Waals surface area (Å²) in [7, 11) is -3.67. The fourth-order valence-electron chi connectivity index (χ4n) is 4.05. The first kappa shape index (κ1) is 20.3. The number of sulfonamides is 1. The van der Waals surface area contributed by atoms with Gasteiger partial charge in [0.15, 0.2) is 0 Å². The highest BCUT2D eigenvalue weighted by Crippen LogP contribution is 2.28. The quantitative estimate of drug-likeness (QED) is 0.825. The standard InChI is InChI=1S/C20H31N3O3S/c1-14-5-6-17(27(25,26)22-20(2,3)4)11-18(14)19(24)23-9-7-15-12-21-13-16(15)8-10-23/h5-6,11,15-16,21-22H,7-10,12-13H2,1-4H3/t15-,16+. The van der Waals surface area contributed by atoms with Crippen LogP contribution in [0.3, 0.4) is 0 Å². The Morgan fingerprint density at radius 1 is 1.15 bits per heavy atom. The third-order valence-corrected chi connectivity index (χ3v) is 7.25. The van der Waals surface area contributed by atoms with Crippen molar-refractivity contribution in [2.45, 2.75) is 51.0 Å². The highest BCUT2D eigenvalue weighted by Gasteiger charge is 2.32. The average Bonchev–Trinajstić information content (AvgIpc) is 2.91. The van der Waals surface area contributed by atoms with Gasteiger partial charge in [0.25, 0.3) is 5.91 Å². The van der Waals surface area contributed by atoms with Crippen molar-refractivity contribution in [1.29, 1.82) is 0 Å². The molecule has 0 aromatic heterocycles. The largest absolute Gasteiger partial charge is 0.339 e. The summed E-state index contributed by atoms with van der Waals surface area (Å²) in [6.45, 7) is 10.8. The molecule has 0 saturated carbocycles. The summed E-state index contributed by atoms with van der Waals surface area (Å²) in [6, 6.07) is 4.82. The van der Waals surface area contributed by atoms with Crippen LogP contribution in [-0.2, 0) is 10.0 Å². The maximum Gasteiger partial charge on any atom is 0.254 e. The molecule has 2 atom stereocenters. The summed E-state index contributed by atoms with van der Waals surface area (Å²) in [6.07, 6.45) is 2.01. The van der Waals surface area contributed by atoms with Crippen molar-refractivity contribution in [3.05, 3.63) is 29.3 Å². The normalized spacial score (nSPS) is 23.8. The lowest BCUT2D eigenvalue weighted by Crippen LogP contribution is -2.40. The van der Waals surface area contributed by atoms with Crippen molar-refractivity contribution in [3.63, 3.8) is 0 Å². The van der Waals surface area contributed by atoms with Crippen molar-refractivity contribution in [3.8, 4) is 0 Å². The lowest BCUT2D eigenvalue weighted by Gasteiger charge is -2.23. The molecule has 0 unspecified atom stereocenters. The fraction of sp³-hybridized carbons (Fsp3) is 0.650. The van der Waals surface area contributed by atoms with Gasteiger partial charge in [0.1, 0.15) is 0 Å². The molecule has 1 aromatic rings. The zero-order valence-electron chi connectivity index (χ0n) is 16.7. The highest BCUT2D eigenvalue weighted by atomic mass is 32.2. The minimum atomic E-state index is -3.67. The molecule has 3 rings (SSSR count). The molecule has 1 amide bonds. The molecule has 2 N–H and O–H groups in total. The topological polar surface area (TPSA) is 78.5 Å². The zero-order chi connectivity index (χ0) is 19.8. The average molecular weight is 394 g/mol. The fourth-order valence-corrected chi connectivity index (χ4v) is 5.50. The molecule has 1 aromatic carbocycles. The van der Waals surface area contributed by atoms with Crippen molar-refractivity contribution >= 4 is 15.9 Å².